The number of hydrogen-bond acceptors (Lipinski definition) is 4. The van der Waals surface area contributed by atoms with Gasteiger partial charge in [-0.3, -0.25) is 9.69 Å². The summed E-state index contributed by atoms with van der Waals surface area (Å²) >= 11 is 0. The maximum absolute atomic E-state index is 12.3. The third-order valence-corrected chi connectivity index (χ3v) is 4.41. The Balaban J connectivity index is 1.82. The highest BCUT2D eigenvalue weighted by Crippen LogP contribution is 2.22. The molecule has 0 spiro atoms. The standard InChI is InChI=1S/C14H27N3O2/c1-3-17-8-4-5-11(17)10-16(2)14(18)13-7-6-12(9-15)19-13/h11-13H,3-10,15H2,1-2H3/t11?,12-,13+/m1/s1. The SMILES string of the molecule is CCN1CCCC1CN(C)C(=O)[C@@H]1CC[C@H](CN)O1. The summed E-state index contributed by atoms with van der Waals surface area (Å²) in [6, 6.07) is 0.519. The van der Waals surface area contributed by atoms with Crippen molar-refractivity contribution in [2.75, 3.05) is 33.2 Å². The summed E-state index contributed by atoms with van der Waals surface area (Å²) < 4.78 is 5.68. The Hall–Kier alpha value is -0.650. The predicted octanol–water partition coefficient (Wildman–Crippen LogP) is 0.435. The van der Waals surface area contributed by atoms with E-state index < -0.39 is 0 Å². The molecule has 2 aliphatic heterocycles. The van der Waals surface area contributed by atoms with E-state index in [1.165, 1.54) is 19.4 Å². The van der Waals surface area contributed by atoms with Crippen LogP contribution in [0.1, 0.15) is 32.6 Å². The van der Waals surface area contributed by atoms with Crippen molar-refractivity contribution in [2.45, 2.75) is 50.9 Å². The molecule has 2 heterocycles. The number of carbonyl (C=O) groups excluding carboxylic acids is 1. The molecule has 19 heavy (non-hydrogen) atoms. The van der Waals surface area contributed by atoms with E-state index in [-0.39, 0.29) is 18.1 Å². The molecule has 0 radical (unpaired) electrons. The molecule has 2 fully saturated rings. The van der Waals surface area contributed by atoms with Crippen LogP contribution in [-0.4, -0.2) is 67.2 Å². The van der Waals surface area contributed by atoms with Crippen LogP contribution in [0.5, 0.6) is 0 Å². The van der Waals surface area contributed by atoms with Crippen molar-refractivity contribution in [3.05, 3.63) is 0 Å². The summed E-state index contributed by atoms with van der Waals surface area (Å²) in [5.41, 5.74) is 5.58. The third-order valence-electron chi connectivity index (χ3n) is 4.41. The van der Waals surface area contributed by atoms with Crippen molar-refractivity contribution >= 4 is 5.91 Å². The van der Waals surface area contributed by atoms with Crippen LogP contribution >= 0.6 is 0 Å². The van der Waals surface area contributed by atoms with E-state index in [0.717, 1.165) is 25.9 Å². The van der Waals surface area contributed by atoms with Crippen molar-refractivity contribution in [3.8, 4) is 0 Å². The molecule has 0 aromatic heterocycles. The molecular weight excluding hydrogens is 242 g/mol. The molecule has 0 aromatic rings. The molecule has 2 N–H and O–H groups in total. The number of nitrogens with zero attached hydrogens (tertiary/aromatic N) is 2. The first-order valence-electron chi connectivity index (χ1n) is 7.50. The zero-order valence-corrected chi connectivity index (χ0v) is 12.2. The largest absolute Gasteiger partial charge is 0.364 e. The summed E-state index contributed by atoms with van der Waals surface area (Å²) in [6.07, 6.45) is 3.97. The van der Waals surface area contributed by atoms with Gasteiger partial charge in [-0.1, -0.05) is 6.92 Å². The van der Waals surface area contributed by atoms with Gasteiger partial charge in [0.05, 0.1) is 6.10 Å². The van der Waals surface area contributed by atoms with Crippen molar-refractivity contribution < 1.29 is 9.53 Å². The molecule has 2 aliphatic rings. The highest BCUT2D eigenvalue weighted by Gasteiger charge is 2.33. The van der Waals surface area contributed by atoms with Crippen LogP contribution in [-0.2, 0) is 9.53 Å². The average molecular weight is 269 g/mol. The molecule has 3 atom stereocenters. The highest BCUT2D eigenvalue weighted by atomic mass is 16.5. The highest BCUT2D eigenvalue weighted by molar-refractivity contribution is 5.81. The van der Waals surface area contributed by atoms with Gasteiger partial charge in [-0.05, 0) is 38.8 Å². The molecule has 5 nitrogen and oxygen atoms in total. The minimum absolute atomic E-state index is 0.0703. The molecule has 110 valence electrons. The van der Waals surface area contributed by atoms with Crippen LogP contribution < -0.4 is 5.73 Å². The number of carbonyl (C=O) groups is 1. The van der Waals surface area contributed by atoms with Crippen molar-refractivity contribution in [3.63, 3.8) is 0 Å². The van der Waals surface area contributed by atoms with Gasteiger partial charge in [0.25, 0.3) is 5.91 Å². The van der Waals surface area contributed by atoms with Gasteiger partial charge in [-0.2, -0.15) is 0 Å². The quantitative estimate of drug-likeness (QED) is 0.786. The lowest BCUT2D eigenvalue weighted by Crippen LogP contribution is -2.44. The third kappa shape index (κ3) is 3.46. The number of likely N-dealkylation sites (tertiary alicyclic amines) is 1. The molecule has 2 rings (SSSR count). The Morgan fingerprint density at radius 3 is 2.84 bits per heavy atom. The minimum Gasteiger partial charge on any atom is -0.364 e. The molecule has 0 saturated carbocycles. The summed E-state index contributed by atoms with van der Waals surface area (Å²) in [5, 5.41) is 0. The van der Waals surface area contributed by atoms with E-state index in [4.69, 9.17) is 10.5 Å². The zero-order valence-electron chi connectivity index (χ0n) is 12.2. The molecular formula is C14H27N3O2. The zero-order chi connectivity index (χ0) is 13.8. The molecule has 5 heteroatoms. The first-order valence-corrected chi connectivity index (χ1v) is 7.50. The normalized spacial score (nSPS) is 31.8. The van der Waals surface area contributed by atoms with Gasteiger partial charge in [0.15, 0.2) is 0 Å². The van der Waals surface area contributed by atoms with Crippen LogP contribution in [0.25, 0.3) is 0 Å². The minimum atomic E-state index is -0.268. The number of ether oxygens (including phenoxy) is 1. The Morgan fingerprint density at radius 2 is 2.21 bits per heavy atom. The molecule has 1 unspecified atom stereocenters. The average Bonchev–Trinajstić information content (AvgIpc) is 3.06. The van der Waals surface area contributed by atoms with Crippen molar-refractivity contribution in [2.24, 2.45) is 5.73 Å². The van der Waals surface area contributed by atoms with Crippen LogP contribution in [0, 0.1) is 0 Å². The second kappa shape index (κ2) is 6.68. The smallest absolute Gasteiger partial charge is 0.251 e. The van der Waals surface area contributed by atoms with Crippen molar-refractivity contribution in [1.29, 1.82) is 0 Å². The first kappa shape index (κ1) is 14.8. The van der Waals surface area contributed by atoms with E-state index in [0.29, 0.717) is 12.6 Å². The topological polar surface area (TPSA) is 58.8 Å². The van der Waals surface area contributed by atoms with Gasteiger partial charge in [0.1, 0.15) is 6.10 Å². The molecule has 0 bridgehead atoms. The van der Waals surface area contributed by atoms with E-state index in [2.05, 4.69) is 11.8 Å². The number of amides is 1. The second-order valence-electron chi connectivity index (χ2n) is 5.70. The molecule has 2 saturated heterocycles. The number of likely N-dealkylation sites (N-methyl/N-ethyl adjacent to an activating group) is 2. The van der Waals surface area contributed by atoms with E-state index in [1.54, 1.807) is 0 Å². The molecule has 0 aromatic carbocycles. The van der Waals surface area contributed by atoms with Gasteiger partial charge in [0.2, 0.25) is 0 Å². The molecule has 1 amide bonds. The van der Waals surface area contributed by atoms with Gasteiger partial charge in [0, 0.05) is 26.2 Å². The molecule has 0 aliphatic carbocycles. The number of hydrogen-bond donors (Lipinski definition) is 1. The van der Waals surface area contributed by atoms with Gasteiger partial charge in [-0.15, -0.1) is 0 Å². The second-order valence-corrected chi connectivity index (χ2v) is 5.70. The van der Waals surface area contributed by atoms with E-state index >= 15 is 0 Å². The Labute approximate surface area is 116 Å². The Bertz CT molecular complexity index is 311. The maximum atomic E-state index is 12.3. The monoisotopic (exact) mass is 269 g/mol. The fourth-order valence-corrected chi connectivity index (χ4v) is 3.23. The number of rotatable bonds is 5. The fraction of sp³-hybridized carbons (Fsp3) is 0.929. The lowest BCUT2D eigenvalue weighted by Gasteiger charge is -2.29. The maximum Gasteiger partial charge on any atom is 0.251 e. The van der Waals surface area contributed by atoms with E-state index in [9.17, 15) is 4.79 Å². The van der Waals surface area contributed by atoms with Crippen LogP contribution in [0.15, 0.2) is 0 Å². The van der Waals surface area contributed by atoms with Crippen LogP contribution in [0.3, 0.4) is 0 Å². The van der Waals surface area contributed by atoms with Crippen molar-refractivity contribution in [1.82, 2.24) is 9.80 Å². The van der Waals surface area contributed by atoms with Gasteiger partial charge in [-0.25, -0.2) is 0 Å². The summed E-state index contributed by atoms with van der Waals surface area (Å²) in [4.78, 5) is 16.6. The van der Waals surface area contributed by atoms with Gasteiger partial charge < -0.3 is 15.4 Å². The Kier molecular flexibility index (Phi) is 5.19. The summed E-state index contributed by atoms with van der Waals surface area (Å²) in [7, 11) is 1.90. The Morgan fingerprint density at radius 1 is 1.42 bits per heavy atom. The summed E-state index contributed by atoms with van der Waals surface area (Å²) in [5.74, 6) is 0.124. The lowest BCUT2D eigenvalue weighted by atomic mass is 10.1. The fourth-order valence-electron chi connectivity index (χ4n) is 3.23. The van der Waals surface area contributed by atoms with Crippen LogP contribution in [0.4, 0.5) is 0 Å². The summed E-state index contributed by atoms with van der Waals surface area (Å²) in [6.45, 7) is 5.76. The lowest BCUT2D eigenvalue weighted by molar-refractivity contribution is -0.142. The first-order chi connectivity index (χ1) is 9.15. The van der Waals surface area contributed by atoms with E-state index in [1.807, 2.05) is 11.9 Å². The number of nitrogens with two attached hydrogens (primary N) is 1. The predicted molar refractivity (Wildman–Crippen MR) is 74.9 cm³/mol. The van der Waals surface area contributed by atoms with Crippen LogP contribution in [0.2, 0.25) is 0 Å². The van der Waals surface area contributed by atoms with Gasteiger partial charge >= 0.3 is 0 Å².